The zero-order chi connectivity index (χ0) is 16.5. The molecule has 2 nitrogen and oxygen atoms in total. The number of aryl methyl sites for hydroxylation is 4. The number of carbonyl (C=O) groups excluding carboxylic acids is 1. The fourth-order valence-corrected chi connectivity index (χ4v) is 3.48. The third-order valence-electron chi connectivity index (χ3n) is 4.56. The summed E-state index contributed by atoms with van der Waals surface area (Å²) in [6, 6.07) is 11.9. The van der Waals surface area contributed by atoms with E-state index in [2.05, 4.69) is 0 Å². The Balaban J connectivity index is 2.80. The zero-order valence-corrected chi connectivity index (χ0v) is 14.0. The summed E-state index contributed by atoms with van der Waals surface area (Å²) in [5.41, 5.74) is 4.79. The highest BCUT2D eigenvalue weighted by molar-refractivity contribution is 5.85. The van der Waals surface area contributed by atoms with Crippen LogP contribution in [0.2, 0.25) is 0 Å². The maximum atomic E-state index is 12.2. The van der Waals surface area contributed by atoms with Gasteiger partial charge >= 0.3 is 0 Å². The highest BCUT2D eigenvalue weighted by atomic mass is 16.4. The lowest BCUT2D eigenvalue weighted by Crippen LogP contribution is -2.47. The molecule has 0 fully saturated rings. The predicted octanol–water partition coefficient (Wildman–Crippen LogP) is 3.37. The van der Waals surface area contributed by atoms with E-state index in [0.717, 1.165) is 33.4 Å². The van der Waals surface area contributed by atoms with Gasteiger partial charge in [0.15, 0.2) is 0 Å². The van der Waals surface area contributed by atoms with Crippen molar-refractivity contribution in [2.45, 2.75) is 46.5 Å². The smallest absolute Gasteiger partial charge is 0.0599 e. The molecule has 0 saturated carbocycles. The van der Waals surface area contributed by atoms with Gasteiger partial charge in [0.25, 0.3) is 0 Å². The molecule has 0 amide bonds. The van der Waals surface area contributed by atoms with Gasteiger partial charge in [0.1, 0.15) is 0 Å². The highest BCUT2D eigenvalue weighted by Gasteiger charge is 2.36. The Hall–Kier alpha value is -2.09. The van der Waals surface area contributed by atoms with Crippen LogP contribution in [0.5, 0.6) is 0 Å². The summed E-state index contributed by atoms with van der Waals surface area (Å²) in [6.07, 6.45) is 0.461. The van der Waals surface area contributed by atoms with Crippen molar-refractivity contribution in [3.8, 4) is 0 Å². The van der Waals surface area contributed by atoms with Gasteiger partial charge in [0.2, 0.25) is 0 Å². The fraction of sp³-hybridized carbons (Fsp3) is 0.350. The zero-order valence-electron chi connectivity index (χ0n) is 14.0. The van der Waals surface area contributed by atoms with Crippen LogP contribution in [0.25, 0.3) is 0 Å². The Labute approximate surface area is 132 Å². The van der Waals surface area contributed by atoms with Gasteiger partial charge in [-0.05, 0) is 56.4 Å². The Morgan fingerprint density at radius 2 is 1.32 bits per heavy atom. The predicted molar refractivity (Wildman–Crippen MR) is 87.9 cm³/mol. The van der Waals surface area contributed by atoms with E-state index < -0.39 is 11.4 Å². The number of carbonyl (C=O) groups is 1. The Bertz CT molecular complexity index is 662. The summed E-state index contributed by atoms with van der Waals surface area (Å²) >= 11 is 0. The van der Waals surface area contributed by atoms with Crippen molar-refractivity contribution in [3.63, 3.8) is 0 Å². The van der Waals surface area contributed by atoms with Crippen molar-refractivity contribution in [1.82, 2.24) is 0 Å². The number of carboxylic acids is 1. The second-order valence-corrected chi connectivity index (χ2v) is 6.18. The first-order chi connectivity index (χ1) is 10.3. The average Bonchev–Trinajstić information content (AvgIpc) is 2.43. The van der Waals surface area contributed by atoms with E-state index in [-0.39, 0.29) is 0 Å². The second kappa shape index (κ2) is 5.96. The molecule has 0 saturated heterocycles. The van der Waals surface area contributed by atoms with Crippen LogP contribution < -0.4 is 5.11 Å². The number of rotatable bonds is 4. The Kier molecular flexibility index (Phi) is 4.41. The fourth-order valence-electron chi connectivity index (χ4n) is 3.48. The van der Waals surface area contributed by atoms with Gasteiger partial charge in [-0.1, -0.05) is 54.4 Å². The second-order valence-electron chi connectivity index (χ2n) is 6.18. The normalized spacial score (nSPS) is 11.5. The van der Waals surface area contributed by atoms with Gasteiger partial charge in [-0.2, -0.15) is 0 Å². The van der Waals surface area contributed by atoms with Crippen LogP contribution in [0.3, 0.4) is 0 Å². The first-order valence-electron chi connectivity index (χ1n) is 7.69. The molecular formula is C20H23O2-. The molecule has 0 spiro atoms. The van der Waals surface area contributed by atoms with Crippen LogP contribution in [-0.2, 0) is 10.2 Å². The lowest BCUT2D eigenvalue weighted by Gasteiger charge is -2.37. The number of hydrogen-bond acceptors (Lipinski definition) is 2. The van der Waals surface area contributed by atoms with Crippen molar-refractivity contribution >= 4 is 5.97 Å². The van der Waals surface area contributed by atoms with E-state index in [0.29, 0.717) is 6.42 Å². The molecule has 0 unspecified atom stereocenters. The van der Waals surface area contributed by atoms with E-state index in [1.807, 2.05) is 71.0 Å². The monoisotopic (exact) mass is 295 g/mol. The van der Waals surface area contributed by atoms with E-state index in [1.54, 1.807) is 0 Å². The molecule has 2 rings (SSSR count). The molecule has 0 aliphatic carbocycles. The van der Waals surface area contributed by atoms with Crippen LogP contribution in [0, 0.1) is 27.7 Å². The molecule has 0 N–H and O–H groups in total. The van der Waals surface area contributed by atoms with Gasteiger partial charge in [0, 0.05) is 0 Å². The van der Waals surface area contributed by atoms with Crippen molar-refractivity contribution in [1.29, 1.82) is 0 Å². The maximum Gasteiger partial charge on any atom is 0.0599 e. The molecule has 0 aliphatic heterocycles. The molecule has 0 heterocycles. The van der Waals surface area contributed by atoms with Gasteiger partial charge < -0.3 is 9.90 Å². The third-order valence-corrected chi connectivity index (χ3v) is 4.56. The maximum absolute atomic E-state index is 12.2. The van der Waals surface area contributed by atoms with Crippen LogP contribution in [0.4, 0.5) is 0 Å². The summed E-state index contributed by atoms with van der Waals surface area (Å²) in [6.45, 7) is 9.88. The molecule has 2 heteroatoms. The number of carboxylic acid groups (broad SMARTS) is 1. The Morgan fingerprint density at radius 1 is 0.909 bits per heavy atom. The molecular weight excluding hydrogens is 272 g/mol. The van der Waals surface area contributed by atoms with Crippen molar-refractivity contribution in [2.24, 2.45) is 0 Å². The van der Waals surface area contributed by atoms with Crippen molar-refractivity contribution < 1.29 is 9.90 Å². The summed E-state index contributed by atoms with van der Waals surface area (Å²) in [5.74, 6) is -1.03. The summed E-state index contributed by atoms with van der Waals surface area (Å²) in [5, 5.41) is 12.2. The quantitative estimate of drug-likeness (QED) is 0.867. The molecule has 0 aliphatic rings. The summed E-state index contributed by atoms with van der Waals surface area (Å²) in [7, 11) is 0. The first kappa shape index (κ1) is 16.3. The van der Waals surface area contributed by atoms with Gasteiger partial charge in [-0.25, -0.2) is 0 Å². The molecule has 0 atom stereocenters. The SMILES string of the molecule is CCC(C(=O)[O-])(c1ccc(C)cc1C)c1ccc(C)cc1C. The number of aliphatic carboxylic acids is 1. The summed E-state index contributed by atoms with van der Waals surface area (Å²) < 4.78 is 0. The molecule has 2 aromatic rings. The minimum atomic E-state index is -1.10. The topological polar surface area (TPSA) is 40.1 Å². The molecule has 22 heavy (non-hydrogen) atoms. The Morgan fingerprint density at radius 3 is 1.59 bits per heavy atom. The number of benzene rings is 2. The lowest BCUT2D eigenvalue weighted by molar-refractivity contribution is -0.312. The van der Waals surface area contributed by atoms with E-state index >= 15 is 0 Å². The van der Waals surface area contributed by atoms with Crippen LogP contribution in [0.1, 0.15) is 46.7 Å². The van der Waals surface area contributed by atoms with Gasteiger partial charge in [-0.3, -0.25) is 0 Å². The largest absolute Gasteiger partial charge is 0.549 e. The highest BCUT2D eigenvalue weighted by Crippen LogP contribution is 2.39. The van der Waals surface area contributed by atoms with Crippen molar-refractivity contribution in [2.75, 3.05) is 0 Å². The van der Waals surface area contributed by atoms with Crippen LogP contribution in [0.15, 0.2) is 36.4 Å². The van der Waals surface area contributed by atoms with E-state index in [4.69, 9.17) is 0 Å². The van der Waals surface area contributed by atoms with E-state index in [1.165, 1.54) is 0 Å². The molecule has 0 radical (unpaired) electrons. The third kappa shape index (κ3) is 2.54. The molecule has 0 bridgehead atoms. The average molecular weight is 295 g/mol. The van der Waals surface area contributed by atoms with Crippen molar-refractivity contribution in [3.05, 3.63) is 69.8 Å². The molecule has 2 aromatic carbocycles. The van der Waals surface area contributed by atoms with Crippen LogP contribution >= 0.6 is 0 Å². The van der Waals surface area contributed by atoms with Gasteiger partial charge in [0.05, 0.1) is 11.4 Å². The minimum Gasteiger partial charge on any atom is -0.549 e. The van der Waals surface area contributed by atoms with Crippen LogP contribution in [-0.4, -0.2) is 5.97 Å². The van der Waals surface area contributed by atoms with Gasteiger partial charge in [-0.15, -0.1) is 0 Å². The molecule has 0 aromatic heterocycles. The van der Waals surface area contributed by atoms with E-state index in [9.17, 15) is 9.90 Å². The first-order valence-corrected chi connectivity index (χ1v) is 7.69. The number of hydrogen-bond donors (Lipinski definition) is 0. The minimum absolute atomic E-state index is 0.461. The lowest BCUT2D eigenvalue weighted by atomic mass is 9.69. The standard InChI is InChI=1S/C20H24O2/c1-6-20(19(21)22,17-9-7-13(2)11-15(17)4)18-10-8-14(3)12-16(18)5/h7-12H,6H2,1-5H3,(H,21,22)/p-1. The molecule has 116 valence electrons. The summed E-state index contributed by atoms with van der Waals surface area (Å²) in [4.78, 5) is 12.2.